The number of H-pyrrole nitrogens is 1. The smallest absolute Gasteiger partial charge is 0.0580 e. The second-order valence-corrected chi connectivity index (χ2v) is 7.83. The monoisotopic (exact) mass is 358 g/mol. The van der Waals surface area contributed by atoms with Gasteiger partial charge in [0.1, 0.15) is 0 Å². The summed E-state index contributed by atoms with van der Waals surface area (Å²) in [7, 11) is 0. The van der Waals surface area contributed by atoms with Crippen LogP contribution in [0.5, 0.6) is 0 Å². The van der Waals surface area contributed by atoms with E-state index in [0.717, 1.165) is 12.8 Å². The summed E-state index contributed by atoms with van der Waals surface area (Å²) in [5.74, 6) is 0. The molecule has 2 heterocycles. The molecule has 2 nitrogen and oxygen atoms in total. The minimum Gasteiger partial charge on any atom is -0.354 e. The third kappa shape index (κ3) is 1.68. The second kappa shape index (κ2) is 5.05. The molecule has 1 aliphatic carbocycles. The fourth-order valence-electron chi connectivity index (χ4n) is 5.29. The van der Waals surface area contributed by atoms with Gasteiger partial charge in [0.25, 0.3) is 0 Å². The molecule has 1 N–H and O–H groups in total. The van der Waals surface area contributed by atoms with Crippen LogP contribution in [-0.4, -0.2) is 9.55 Å². The zero-order valence-electron chi connectivity index (χ0n) is 15.4. The summed E-state index contributed by atoms with van der Waals surface area (Å²) in [6.45, 7) is 0. The van der Waals surface area contributed by atoms with Crippen molar-refractivity contribution in [2.75, 3.05) is 0 Å². The molecule has 0 radical (unpaired) electrons. The third-order valence-corrected chi connectivity index (χ3v) is 6.39. The van der Waals surface area contributed by atoms with E-state index in [0.29, 0.717) is 0 Å². The number of aryl methyl sites for hydroxylation is 2. The first-order valence-corrected chi connectivity index (χ1v) is 9.94. The van der Waals surface area contributed by atoms with Crippen LogP contribution in [0.15, 0.2) is 78.9 Å². The van der Waals surface area contributed by atoms with Crippen LogP contribution >= 0.6 is 0 Å². The molecule has 0 fully saturated rings. The largest absolute Gasteiger partial charge is 0.354 e. The van der Waals surface area contributed by atoms with Crippen molar-refractivity contribution < 1.29 is 0 Å². The Bertz CT molecular complexity index is 1550. The zero-order valence-corrected chi connectivity index (χ0v) is 15.4. The van der Waals surface area contributed by atoms with Crippen molar-refractivity contribution >= 4 is 43.6 Å². The van der Waals surface area contributed by atoms with Crippen molar-refractivity contribution in [1.82, 2.24) is 9.55 Å². The molecule has 28 heavy (non-hydrogen) atoms. The maximum absolute atomic E-state index is 3.70. The number of nitrogens with one attached hydrogen (secondary N) is 1. The maximum Gasteiger partial charge on any atom is 0.0580 e. The van der Waals surface area contributed by atoms with Gasteiger partial charge in [-0.05, 0) is 54.3 Å². The lowest BCUT2D eigenvalue weighted by Crippen LogP contribution is -2.03. The van der Waals surface area contributed by atoms with Crippen molar-refractivity contribution in [3.8, 4) is 5.69 Å². The molecule has 0 amide bonds. The molecule has 7 rings (SSSR count). The van der Waals surface area contributed by atoms with Gasteiger partial charge >= 0.3 is 0 Å². The van der Waals surface area contributed by atoms with E-state index in [2.05, 4.69) is 88.4 Å². The molecular weight excluding hydrogens is 340 g/mol. The van der Waals surface area contributed by atoms with Crippen LogP contribution in [0.1, 0.15) is 11.1 Å². The molecular formula is C26H18N2. The van der Waals surface area contributed by atoms with Crippen molar-refractivity contribution in [2.45, 2.75) is 12.8 Å². The maximum atomic E-state index is 3.70. The average Bonchev–Trinajstić information content (AvgIpc) is 3.29. The van der Waals surface area contributed by atoms with Gasteiger partial charge in [-0.25, -0.2) is 0 Å². The molecule has 0 aliphatic heterocycles. The Morgan fingerprint density at radius 2 is 1.54 bits per heavy atom. The number of hydrogen-bond acceptors (Lipinski definition) is 0. The van der Waals surface area contributed by atoms with Gasteiger partial charge < -0.3 is 9.55 Å². The average molecular weight is 358 g/mol. The minimum absolute atomic E-state index is 1.08. The van der Waals surface area contributed by atoms with E-state index in [1.165, 1.54) is 60.4 Å². The summed E-state index contributed by atoms with van der Waals surface area (Å²) >= 11 is 0. The van der Waals surface area contributed by atoms with Crippen molar-refractivity contribution in [2.24, 2.45) is 0 Å². The molecule has 2 heteroatoms. The van der Waals surface area contributed by atoms with Gasteiger partial charge in [-0.2, -0.15) is 0 Å². The van der Waals surface area contributed by atoms with Crippen molar-refractivity contribution in [1.29, 1.82) is 0 Å². The van der Waals surface area contributed by atoms with Crippen LogP contribution < -0.4 is 0 Å². The third-order valence-electron chi connectivity index (χ3n) is 6.39. The molecule has 0 bridgehead atoms. The number of benzene rings is 4. The summed E-state index contributed by atoms with van der Waals surface area (Å²) in [6.07, 6.45) is 2.19. The highest BCUT2D eigenvalue weighted by Gasteiger charge is 2.23. The Balaban J connectivity index is 1.79. The van der Waals surface area contributed by atoms with E-state index in [1.807, 2.05) is 0 Å². The molecule has 0 atom stereocenters. The standard InChI is InChI=1S/C26H18N2/c1-2-8-17(9-3-1)28-23-12-5-4-10-18(23)20-15-22-25-19(26(20)28)14-13-16-7-6-11-21(27-22)24(16)25/h1-12,15,27H,13-14H2. The van der Waals surface area contributed by atoms with Crippen molar-refractivity contribution in [3.63, 3.8) is 0 Å². The topological polar surface area (TPSA) is 20.7 Å². The van der Waals surface area contributed by atoms with Crippen LogP contribution in [0, 0.1) is 0 Å². The molecule has 132 valence electrons. The van der Waals surface area contributed by atoms with E-state index in [9.17, 15) is 0 Å². The number of aromatic amines is 1. The summed E-state index contributed by atoms with van der Waals surface area (Å²) < 4.78 is 2.46. The highest BCUT2D eigenvalue weighted by Crippen LogP contribution is 2.43. The zero-order chi connectivity index (χ0) is 18.2. The van der Waals surface area contributed by atoms with Crippen LogP contribution in [-0.2, 0) is 12.8 Å². The van der Waals surface area contributed by atoms with E-state index in [-0.39, 0.29) is 0 Å². The lowest BCUT2D eigenvalue weighted by atomic mass is 9.89. The van der Waals surface area contributed by atoms with E-state index in [4.69, 9.17) is 0 Å². The van der Waals surface area contributed by atoms with Crippen molar-refractivity contribution in [3.05, 3.63) is 90.0 Å². The van der Waals surface area contributed by atoms with Crippen LogP contribution in [0.4, 0.5) is 0 Å². The Hall–Kier alpha value is -3.52. The molecule has 6 aromatic rings. The number of nitrogens with zero attached hydrogens (tertiary/aromatic N) is 1. The Kier molecular flexibility index (Phi) is 2.62. The minimum atomic E-state index is 1.08. The van der Waals surface area contributed by atoms with Crippen LogP contribution in [0.25, 0.3) is 49.3 Å². The number of fused-ring (bicyclic) bond motifs is 4. The molecule has 1 aliphatic rings. The fourth-order valence-corrected chi connectivity index (χ4v) is 5.29. The normalized spacial score (nSPS) is 13.4. The predicted octanol–water partition coefficient (Wildman–Crippen LogP) is 6.52. The number of hydrogen-bond donors (Lipinski definition) is 1. The van der Waals surface area contributed by atoms with Gasteiger partial charge in [0, 0.05) is 38.3 Å². The molecule has 2 aromatic heterocycles. The van der Waals surface area contributed by atoms with E-state index >= 15 is 0 Å². The Morgan fingerprint density at radius 1 is 0.679 bits per heavy atom. The molecule has 4 aromatic carbocycles. The SMILES string of the molecule is c1ccc(-n2c3ccccc3c3cc4[nH]c5cccc6c5c4c(c32)CC6)cc1. The molecule has 0 unspecified atom stereocenters. The first-order valence-electron chi connectivity index (χ1n) is 9.94. The Morgan fingerprint density at radius 3 is 2.46 bits per heavy atom. The fraction of sp³-hybridized carbons (Fsp3) is 0.0769. The second-order valence-electron chi connectivity index (χ2n) is 7.83. The first-order chi connectivity index (χ1) is 13.9. The summed E-state index contributed by atoms with van der Waals surface area (Å²) in [5, 5.41) is 5.51. The lowest BCUT2D eigenvalue weighted by molar-refractivity contribution is 0.969. The molecule has 0 saturated carbocycles. The highest BCUT2D eigenvalue weighted by molar-refractivity contribution is 6.21. The van der Waals surface area contributed by atoms with Gasteiger partial charge in [-0.1, -0.05) is 48.5 Å². The van der Waals surface area contributed by atoms with Gasteiger partial charge in [-0.15, -0.1) is 0 Å². The molecule has 0 spiro atoms. The van der Waals surface area contributed by atoms with E-state index in [1.54, 1.807) is 0 Å². The quantitative estimate of drug-likeness (QED) is 0.345. The van der Waals surface area contributed by atoms with Gasteiger partial charge in [-0.3, -0.25) is 0 Å². The van der Waals surface area contributed by atoms with E-state index < -0.39 is 0 Å². The Labute approximate surface area is 162 Å². The lowest BCUT2D eigenvalue weighted by Gasteiger charge is -2.17. The predicted molar refractivity (Wildman–Crippen MR) is 118 cm³/mol. The number of rotatable bonds is 1. The first kappa shape index (κ1) is 14.5. The number of para-hydroxylation sites is 2. The highest BCUT2D eigenvalue weighted by atomic mass is 15.0. The van der Waals surface area contributed by atoms with Gasteiger partial charge in [0.05, 0.1) is 11.0 Å². The summed E-state index contributed by atoms with van der Waals surface area (Å²) in [4.78, 5) is 3.70. The van der Waals surface area contributed by atoms with Crippen LogP contribution in [0.2, 0.25) is 0 Å². The summed E-state index contributed by atoms with van der Waals surface area (Å²) in [6, 6.07) is 28.6. The number of aromatic nitrogens is 2. The molecule has 0 saturated heterocycles. The van der Waals surface area contributed by atoms with Crippen LogP contribution in [0.3, 0.4) is 0 Å². The van der Waals surface area contributed by atoms with Gasteiger partial charge in [0.15, 0.2) is 0 Å². The summed E-state index contributed by atoms with van der Waals surface area (Å²) in [5.41, 5.74) is 9.36. The van der Waals surface area contributed by atoms with Gasteiger partial charge in [0.2, 0.25) is 0 Å².